The Balaban J connectivity index is 2.41. The second-order valence-electron chi connectivity index (χ2n) is 5.00. The molecule has 0 radical (unpaired) electrons. The van der Waals surface area contributed by atoms with Crippen molar-refractivity contribution >= 4 is 23.2 Å². The second kappa shape index (κ2) is 7.30. The van der Waals surface area contributed by atoms with E-state index in [4.69, 9.17) is 28.3 Å². The van der Waals surface area contributed by atoms with Gasteiger partial charge in [0.1, 0.15) is 0 Å². The summed E-state index contributed by atoms with van der Waals surface area (Å²) in [5.74, 6) is 0. The SMILES string of the molecule is CCc1nn(Cc2cc(Cl)ccc2Cl)c(CC)c1CNC. The molecular weight excluding hydrogens is 305 g/mol. The molecular formula is C16H21Cl2N3. The first kappa shape index (κ1) is 16.3. The third-order valence-corrected chi connectivity index (χ3v) is 4.20. The Hall–Kier alpha value is -1.03. The molecule has 0 aliphatic carbocycles. The lowest BCUT2D eigenvalue weighted by atomic mass is 10.1. The number of rotatable bonds is 6. The number of nitrogens with one attached hydrogen (secondary N) is 1. The summed E-state index contributed by atoms with van der Waals surface area (Å²) in [6.07, 6.45) is 1.88. The van der Waals surface area contributed by atoms with Crippen LogP contribution in [-0.2, 0) is 25.9 Å². The van der Waals surface area contributed by atoms with E-state index in [1.807, 2.05) is 19.2 Å². The first-order chi connectivity index (χ1) is 10.1. The van der Waals surface area contributed by atoms with Gasteiger partial charge in [-0.3, -0.25) is 4.68 Å². The monoisotopic (exact) mass is 325 g/mol. The van der Waals surface area contributed by atoms with Crippen LogP contribution in [0.3, 0.4) is 0 Å². The molecule has 0 amide bonds. The first-order valence-electron chi connectivity index (χ1n) is 7.26. The van der Waals surface area contributed by atoms with Crippen molar-refractivity contribution in [1.29, 1.82) is 0 Å². The van der Waals surface area contributed by atoms with Crippen LogP contribution in [0.4, 0.5) is 0 Å². The third-order valence-electron chi connectivity index (χ3n) is 3.60. The zero-order valence-corrected chi connectivity index (χ0v) is 14.2. The molecule has 1 heterocycles. The minimum absolute atomic E-state index is 0.652. The molecule has 0 aliphatic rings. The van der Waals surface area contributed by atoms with Crippen LogP contribution in [-0.4, -0.2) is 16.8 Å². The van der Waals surface area contributed by atoms with Gasteiger partial charge < -0.3 is 5.32 Å². The van der Waals surface area contributed by atoms with E-state index in [-0.39, 0.29) is 0 Å². The summed E-state index contributed by atoms with van der Waals surface area (Å²) in [5, 5.41) is 9.42. The summed E-state index contributed by atoms with van der Waals surface area (Å²) >= 11 is 12.3. The molecule has 2 aromatic rings. The highest BCUT2D eigenvalue weighted by Gasteiger charge is 2.15. The number of hydrogen-bond acceptors (Lipinski definition) is 2. The van der Waals surface area contributed by atoms with Crippen molar-refractivity contribution in [2.75, 3.05) is 7.05 Å². The highest BCUT2D eigenvalue weighted by atomic mass is 35.5. The van der Waals surface area contributed by atoms with Gasteiger partial charge in [-0.25, -0.2) is 0 Å². The topological polar surface area (TPSA) is 29.9 Å². The normalized spacial score (nSPS) is 11.1. The van der Waals surface area contributed by atoms with Crippen LogP contribution in [0.5, 0.6) is 0 Å². The van der Waals surface area contributed by atoms with Gasteiger partial charge in [-0.15, -0.1) is 0 Å². The fourth-order valence-corrected chi connectivity index (χ4v) is 2.98. The van der Waals surface area contributed by atoms with Gasteiger partial charge in [0.25, 0.3) is 0 Å². The minimum Gasteiger partial charge on any atom is -0.316 e. The predicted octanol–water partition coefficient (Wildman–Crippen LogP) is 4.08. The van der Waals surface area contributed by atoms with Gasteiger partial charge in [-0.2, -0.15) is 5.10 Å². The predicted molar refractivity (Wildman–Crippen MR) is 89.3 cm³/mol. The zero-order valence-electron chi connectivity index (χ0n) is 12.7. The van der Waals surface area contributed by atoms with Gasteiger partial charge in [0.15, 0.2) is 0 Å². The highest BCUT2D eigenvalue weighted by molar-refractivity contribution is 6.33. The van der Waals surface area contributed by atoms with Crippen LogP contribution in [0.1, 0.15) is 36.4 Å². The summed E-state index contributed by atoms with van der Waals surface area (Å²) in [5.41, 5.74) is 4.72. The molecule has 2 rings (SSSR count). The first-order valence-corrected chi connectivity index (χ1v) is 8.02. The van der Waals surface area contributed by atoms with Gasteiger partial charge in [-0.1, -0.05) is 37.0 Å². The fraction of sp³-hybridized carbons (Fsp3) is 0.438. The lowest BCUT2D eigenvalue weighted by Crippen LogP contribution is -2.10. The van der Waals surface area contributed by atoms with E-state index in [2.05, 4.69) is 23.8 Å². The van der Waals surface area contributed by atoms with Gasteiger partial charge in [-0.05, 0) is 43.7 Å². The van der Waals surface area contributed by atoms with E-state index in [0.29, 0.717) is 11.6 Å². The molecule has 0 spiro atoms. The average Bonchev–Trinajstić information content (AvgIpc) is 2.80. The Morgan fingerprint density at radius 2 is 1.95 bits per heavy atom. The number of aromatic nitrogens is 2. The van der Waals surface area contributed by atoms with E-state index >= 15 is 0 Å². The van der Waals surface area contributed by atoms with E-state index < -0.39 is 0 Å². The summed E-state index contributed by atoms with van der Waals surface area (Å²) in [6, 6.07) is 5.55. The Labute approximate surface area is 136 Å². The van der Waals surface area contributed by atoms with E-state index in [1.165, 1.54) is 11.3 Å². The lowest BCUT2D eigenvalue weighted by Gasteiger charge is -2.10. The molecule has 0 atom stereocenters. The molecule has 1 N–H and O–H groups in total. The Morgan fingerprint density at radius 1 is 1.19 bits per heavy atom. The summed E-state index contributed by atoms with van der Waals surface area (Å²) in [7, 11) is 1.96. The smallest absolute Gasteiger partial charge is 0.0677 e. The quantitative estimate of drug-likeness (QED) is 0.867. The Kier molecular flexibility index (Phi) is 5.68. The molecule has 0 bridgehead atoms. The molecule has 3 nitrogen and oxygen atoms in total. The minimum atomic E-state index is 0.652. The maximum Gasteiger partial charge on any atom is 0.0677 e. The van der Waals surface area contributed by atoms with Gasteiger partial charge in [0.2, 0.25) is 0 Å². The van der Waals surface area contributed by atoms with Crippen LogP contribution in [0, 0.1) is 0 Å². The van der Waals surface area contributed by atoms with Crippen molar-refractivity contribution in [2.24, 2.45) is 0 Å². The molecule has 1 aromatic carbocycles. The van der Waals surface area contributed by atoms with Crippen LogP contribution < -0.4 is 5.32 Å². The van der Waals surface area contributed by atoms with E-state index in [1.54, 1.807) is 6.07 Å². The van der Waals surface area contributed by atoms with Crippen molar-refractivity contribution in [3.05, 3.63) is 50.8 Å². The summed E-state index contributed by atoms with van der Waals surface area (Å²) in [6.45, 7) is 5.79. The molecule has 0 fully saturated rings. The van der Waals surface area contributed by atoms with Crippen molar-refractivity contribution in [1.82, 2.24) is 15.1 Å². The van der Waals surface area contributed by atoms with Crippen molar-refractivity contribution in [2.45, 2.75) is 39.8 Å². The molecule has 114 valence electrons. The Bertz CT molecular complexity index is 620. The van der Waals surface area contributed by atoms with E-state index in [0.717, 1.165) is 35.7 Å². The molecule has 21 heavy (non-hydrogen) atoms. The number of nitrogens with zero attached hydrogens (tertiary/aromatic N) is 2. The average molecular weight is 326 g/mol. The molecule has 0 saturated heterocycles. The Morgan fingerprint density at radius 3 is 2.57 bits per heavy atom. The van der Waals surface area contributed by atoms with Gasteiger partial charge in [0, 0.05) is 27.8 Å². The molecule has 0 unspecified atom stereocenters. The molecule has 1 aromatic heterocycles. The van der Waals surface area contributed by atoms with Crippen LogP contribution in [0.25, 0.3) is 0 Å². The van der Waals surface area contributed by atoms with E-state index in [9.17, 15) is 0 Å². The molecule has 0 aliphatic heterocycles. The van der Waals surface area contributed by atoms with Crippen molar-refractivity contribution in [3.8, 4) is 0 Å². The standard InChI is InChI=1S/C16H21Cl2N3/c1-4-15-13(9-19-3)16(5-2)21(20-15)10-11-8-12(17)6-7-14(11)18/h6-8,19H,4-5,9-10H2,1-3H3. The number of benzene rings is 1. The number of halogens is 2. The summed E-state index contributed by atoms with van der Waals surface area (Å²) < 4.78 is 2.06. The highest BCUT2D eigenvalue weighted by Crippen LogP contribution is 2.23. The molecule has 5 heteroatoms. The third kappa shape index (κ3) is 3.60. The fourth-order valence-electron chi connectivity index (χ4n) is 2.61. The van der Waals surface area contributed by atoms with Crippen molar-refractivity contribution in [3.63, 3.8) is 0 Å². The van der Waals surface area contributed by atoms with Gasteiger partial charge >= 0.3 is 0 Å². The number of hydrogen-bond donors (Lipinski definition) is 1. The van der Waals surface area contributed by atoms with Gasteiger partial charge in [0.05, 0.1) is 12.2 Å². The maximum atomic E-state index is 6.27. The largest absolute Gasteiger partial charge is 0.316 e. The van der Waals surface area contributed by atoms with Crippen LogP contribution in [0.15, 0.2) is 18.2 Å². The zero-order chi connectivity index (χ0) is 15.4. The maximum absolute atomic E-state index is 6.27. The lowest BCUT2D eigenvalue weighted by molar-refractivity contribution is 0.638. The molecule has 0 saturated carbocycles. The summed E-state index contributed by atoms with van der Waals surface area (Å²) in [4.78, 5) is 0. The number of aryl methyl sites for hydroxylation is 1. The second-order valence-corrected chi connectivity index (χ2v) is 5.85. The van der Waals surface area contributed by atoms with Crippen molar-refractivity contribution < 1.29 is 0 Å². The van der Waals surface area contributed by atoms with Crippen LogP contribution in [0.2, 0.25) is 10.0 Å². The van der Waals surface area contributed by atoms with Crippen LogP contribution >= 0.6 is 23.2 Å².